The first kappa shape index (κ1) is 17.3. The van der Waals surface area contributed by atoms with Crippen LogP contribution in [0.5, 0.6) is 0 Å². The highest BCUT2D eigenvalue weighted by molar-refractivity contribution is 5.91. The Balaban J connectivity index is 1.47. The summed E-state index contributed by atoms with van der Waals surface area (Å²) in [6, 6.07) is 6.05. The van der Waals surface area contributed by atoms with Crippen LogP contribution in [0.3, 0.4) is 0 Å². The van der Waals surface area contributed by atoms with Gasteiger partial charge >= 0.3 is 0 Å². The second kappa shape index (κ2) is 8.02. The van der Waals surface area contributed by atoms with Crippen LogP contribution in [-0.2, 0) is 17.8 Å². The number of benzene rings is 1. The fraction of sp³-hybridized carbons (Fsp3) is 0.389. The van der Waals surface area contributed by atoms with Crippen LogP contribution < -0.4 is 0 Å². The Bertz CT molecular complexity index is 734. The molecule has 25 heavy (non-hydrogen) atoms. The molecular formula is C18H21FN4O2. The maximum Gasteiger partial charge on any atom is 0.246 e. The molecule has 0 bridgehead atoms. The average molecular weight is 344 g/mol. The minimum Gasteiger partial charge on any atom is -0.339 e. The number of piperazine rings is 1. The number of nitrogens with zero attached hydrogens (tertiary/aromatic N) is 4. The average Bonchev–Trinajstić information content (AvgIpc) is 3.09. The van der Waals surface area contributed by atoms with Crippen LogP contribution >= 0.6 is 0 Å². The lowest BCUT2D eigenvalue weighted by atomic mass is 10.2. The van der Waals surface area contributed by atoms with E-state index >= 15 is 0 Å². The van der Waals surface area contributed by atoms with E-state index in [4.69, 9.17) is 4.52 Å². The molecule has 1 aromatic carbocycles. The monoisotopic (exact) mass is 344 g/mol. The van der Waals surface area contributed by atoms with Gasteiger partial charge in [0.15, 0.2) is 5.82 Å². The van der Waals surface area contributed by atoms with Crippen LogP contribution in [0, 0.1) is 5.82 Å². The highest BCUT2D eigenvalue weighted by Gasteiger charge is 2.21. The van der Waals surface area contributed by atoms with Gasteiger partial charge in [0.2, 0.25) is 11.8 Å². The third-order valence-electron chi connectivity index (χ3n) is 4.15. The molecule has 0 spiro atoms. The van der Waals surface area contributed by atoms with Crippen molar-refractivity contribution in [1.29, 1.82) is 0 Å². The molecule has 6 nitrogen and oxygen atoms in total. The molecule has 1 saturated heterocycles. The van der Waals surface area contributed by atoms with E-state index in [1.165, 1.54) is 18.2 Å². The van der Waals surface area contributed by atoms with Gasteiger partial charge in [-0.15, -0.1) is 0 Å². The molecule has 0 unspecified atom stereocenters. The number of hydrogen-bond acceptors (Lipinski definition) is 5. The normalized spacial score (nSPS) is 15.8. The predicted octanol–water partition coefficient (Wildman–Crippen LogP) is 2.13. The number of amides is 1. The summed E-state index contributed by atoms with van der Waals surface area (Å²) in [6.45, 7) is 5.46. The van der Waals surface area contributed by atoms with Gasteiger partial charge in [-0.2, -0.15) is 4.98 Å². The molecule has 3 rings (SSSR count). The molecule has 0 aliphatic carbocycles. The Kier molecular flexibility index (Phi) is 5.55. The molecule has 2 heterocycles. The molecule has 7 heteroatoms. The van der Waals surface area contributed by atoms with Gasteiger partial charge in [-0.3, -0.25) is 9.69 Å². The van der Waals surface area contributed by atoms with Crippen LogP contribution in [0.15, 0.2) is 34.9 Å². The largest absolute Gasteiger partial charge is 0.339 e. The first-order valence-electron chi connectivity index (χ1n) is 8.40. The zero-order valence-corrected chi connectivity index (χ0v) is 14.2. The van der Waals surface area contributed by atoms with Gasteiger partial charge in [0.1, 0.15) is 5.82 Å². The number of rotatable bonds is 5. The number of aromatic nitrogens is 2. The zero-order chi connectivity index (χ0) is 17.6. The van der Waals surface area contributed by atoms with Crippen molar-refractivity contribution in [3.63, 3.8) is 0 Å². The van der Waals surface area contributed by atoms with Gasteiger partial charge in [-0.25, -0.2) is 4.39 Å². The highest BCUT2D eigenvalue weighted by Crippen LogP contribution is 2.09. The standard InChI is InChI=1S/C18H21FN4O2/c1-2-17-20-16(21-25-17)13-22-9-11-23(12-10-22)18(24)8-5-14-3-6-15(19)7-4-14/h3-8H,2,9-13H2,1H3. The van der Waals surface area contributed by atoms with E-state index in [-0.39, 0.29) is 11.7 Å². The first-order chi connectivity index (χ1) is 12.1. The summed E-state index contributed by atoms with van der Waals surface area (Å²) in [6.07, 6.45) is 3.98. The van der Waals surface area contributed by atoms with E-state index in [9.17, 15) is 9.18 Å². The van der Waals surface area contributed by atoms with Crippen LogP contribution in [0.2, 0.25) is 0 Å². The molecule has 1 amide bonds. The lowest BCUT2D eigenvalue weighted by Crippen LogP contribution is -2.47. The van der Waals surface area contributed by atoms with Gasteiger partial charge in [0.05, 0.1) is 6.54 Å². The molecule has 0 saturated carbocycles. The second-order valence-corrected chi connectivity index (χ2v) is 5.94. The third kappa shape index (κ3) is 4.73. The molecule has 1 aromatic heterocycles. The Morgan fingerprint density at radius 3 is 2.60 bits per heavy atom. The number of halogens is 1. The van der Waals surface area contributed by atoms with Crippen molar-refractivity contribution in [1.82, 2.24) is 19.9 Å². The number of carbonyl (C=O) groups excluding carboxylic acids is 1. The van der Waals surface area contributed by atoms with Crippen molar-refractivity contribution < 1.29 is 13.7 Å². The summed E-state index contributed by atoms with van der Waals surface area (Å²) in [5, 5.41) is 3.96. The third-order valence-corrected chi connectivity index (χ3v) is 4.15. The van der Waals surface area contributed by atoms with Crippen LogP contribution in [0.1, 0.15) is 24.2 Å². The van der Waals surface area contributed by atoms with Gasteiger partial charge in [0, 0.05) is 38.7 Å². The van der Waals surface area contributed by atoms with Crippen LogP contribution in [-0.4, -0.2) is 52.0 Å². The van der Waals surface area contributed by atoms with E-state index in [2.05, 4.69) is 15.0 Å². The van der Waals surface area contributed by atoms with Crippen molar-refractivity contribution in [2.24, 2.45) is 0 Å². The second-order valence-electron chi connectivity index (χ2n) is 5.94. The van der Waals surface area contributed by atoms with E-state index in [0.717, 1.165) is 25.1 Å². The first-order valence-corrected chi connectivity index (χ1v) is 8.40. The molecular weight excluding hydrogens is 323 g/mol. The molecule has 132 valence electrons. The van der Waals surface area contributed by atoms with Crippen molar-refractivity contribution in [3.05, 3.63) is 53.4 Å². The van der Waals surface area contributed by atoms with E-state index in [1.807, 2.05) is 11.8 Å². The highest BCUT2D eigenvalue weighted by atomic mass is 19.1. The Morgan fingerprint density at radius 1 is 1.24 bits per heavy atom. The smallest absolute Gasteiger partial charge is 0.246 e. The summed E-state index contributed by atoms with van der Waals surface area (Å²) in [5.41, 5.74) is 0.803. The van der Waals surface area contributed by atoms with Gasteiger partial charge in [0.25, 0.3) is 0 Å². The Labute approximate surface area is 145 Å². The SMILES string of the molecule is CCc1nc(CN2CCN(C(=O)C=Cc3ccc(F)cc3)CC2)no1. The van der Waals surface area contributed by atoms with Crippen LogP contribution in [0.25, 0.3) is 6.08 Å². The van der Waals surface area contributed by atoms with Crippen molar-refractivity contribution >= 4 is 12.0 Å². The van der Waals surface area contributed by atoms with E-state index in [0.29, 0.717) is 31.3 Å². The van der Waals surface area contributed by atoms with Crippen molar-refractivity contribution in [2.75, 3.05) is 26.2 Å². The maximum atomic E-state index is 12.9. The molecule has 1 aliphatic heterocycles. The molecule has 1 fully saturated rings. The minimum atomic E-state index is -0.285. The molecule has 1 aliphatic rings. The summed E-state index contributed by atoms with van der Waals surface area (Å²) < 4.78 is 18.0. The van der Waals surface area contributed by atoms with Gasteiger partial charge in [-0.05, 0) is 23.8 Å². The van der Waals surface area contributed by atoms with Crippen LogP contribution in [0.4, 0.5) is 4.39 Å². The van der Waals surface area contributed by atoms with Gasteiger partial charge in [-0.1, -0.05) is 24.2 Å². The quantitative estimate of drug-likeness (QED) is 0.778. The predicted molar refractivity (Wildman–Crippen MR) is 91.0 cm³/mol. The van der Waals surface area contributed by atoms with Gasteiger partial charge < -0.3 is 9.42 Å². The zero-order valence-electron chi connectivity index (χ0n) is 14.2. The lowest BCUT2D eigenvalue weighted by Gasteiger charge is -2.33. The fourth-order valence-corrected chi connectivity index (χ4v) is 2.67. The molecule has 0 atom stereocenters. The maximum absolute atomic E-state index is 12.9. The van der Waals surface area contributed by atoms with E-state index in [1.54, 1.807) is 18.2 Å². The Hall–Kier alpha value is -2.54. The topological polar surface area (TPSA) is 62.5 Å². The van der Waals surface area contributed by atoms with Crippen molar-refractivity contribution in [2.45, 2.75) is 19.9 Å². The van der Waals surface area contributed by atoms with Crippen molar-refractivity contribution in [3.8, 4) is 0 Å². The summed E-state index contributed by atoms with van der Waals surface area (Å²) in [4.78, 5) is 20.6. The summed E-state index contributed by atoms with van der Waals surface area (Å²) in [5.74, 6) is 1.02. The number of hydrogen-bond donors (Lipinski definition) is 0. The number of aryl methyl sites for hydroxylation is 1. The minimum absolute atomic E-state index is 0.0307. The molecule has 0 N–H and O–H groups in total. The fourth-order valence-electron chi connectivity index (χ4n) is 2.67. The summed E-state index contributed by atoms with van der Waals surface area (Å²) in [7, 11) is 0. The lowest BCUT2D eigenvalue weighted by molar-refractivity contribution is -0.127. The Morgan fingerprint density at radius 2 is 1.96 bits per heavy atom. The summed E-state index contributed by atoms with van der Waals surface area (Å²) >= 11 is 0. The number of carbonyl (C=O) groups is 1. The van der Waals surface area contributed by atoms with E-state index < -0.39 is 0 Å². The molecule has 2 aromatic rings. The molecule has 0 radical (unpaired) electrons.